The van der Waals surface area contributed by atoms with Gasteiger partial charge in [0, 0.05) is 36.4 Å². The third-order valence-corrected chi connectivity index (χ3v) is 7.02. The number of halogens is 3. The summed E-state index contributed by atoms with van der Waals surface area (Å²) in [5.41, 5.74) is 6.06. The Kier molecular flexibility index (Phi) is 6.99. The van der Waals surface area contributed by atoms with Crippen molar-refractivity contribution in [2.24, 2.45) is 0 Å². The average Bonchev–Trinajstić information content (AvgIpc) is 3.13. The summed E-state index contributed by atoms with van der Waals surface area (Å²) in [5.74, 6) is -1.33. The third kappa shape index (κ3) is 5.36. The number of thiophene rings is 1. The van der Waals surface area contributed by atoms with Gasteiger partial charge in [-0.3, -0.25) is 25.2 Å². The quantitative estimate of drug-likeness (QED) is 0.255. The van der Waals surface area contributed by atoms with Crippen LogP contribution in [0.5, 0.6) is 0 Å². The van der Waals surface area contributed by atoms with Crippen molar-refractivity contribution in [1.29, 1.82) is 0 Å². The highest BCUT2D eigenvalue weighted by Gasteiger charge is 2.18. The first-order valence-corrected chi connectivity index (χ1v) is 11.8. The van der Waals surface area contributed by atoms with Crippen LogP contribution >= 0.6 is 50.5 Å². The van der Waals surface area contributed by atoms with Crippen molar-refractivity contribution < 1.29 is 14.4 Å². The molecule has 0 bridgehead atoms. The highest BCUT2D eigenvalue weighted by atomic mass is 79.9. The maximum absolute atomic E-state index is 12.5. The Morgan fingerprint density at radius 3 is 2.06 bits per heavy atom. The number of anilines is 1. The molecule has 0 saturated carbocycles. The van der Waals surface area contributed by atoms with Gasteiger partial charge in [-0.1, -0.05) is 45.2 Å². The number of carbonyl (C=O) groups is 3. The molecule has 166 valence electrons. The van der Waals surface area contributed by atoms with E-state index in [2.05, 4.69) is 32.1 Å². The minimum atomic E-state index is -0.538. The summed E-state index contributed by atoms with van der Waals surface area (Å²) in [6.07, 6.45) is 0. The molecule has 0 atom stereocenters. The second-order valence-corrected chi connectivity index (χ2v) is 9.61. The van der Waals surface area contributed by atoms with E-state index in [0.29, 0.717) is 32.2 Å². The van der Waals surface area contributed by atoms with Crippen LogP contribution in [-0.2, 0) is 0 Å². The van der Waals surface area contributed by atoms with Gasteiger partial charge in [-0.25, -0.2) is 0 Å². The lowest BCUT2D eigenvalue weighted by Gasteiger charge is -2.08. The van der Waals surface area contributed by atoms with Gasteiger partial charge >= 0.3 is 0 Å². The number of hydrogen-bond acceptors (Lipinski definition) is 4. The molecule has 33 heavy (non-hydrogen) atoms. The van der Waals surface area contributed by atoms with Gasteiger partial charge < -0.3 is 5.32 Å². The number of nitrogens with one attached hydrogen (secondary N) is 3. The van der Waals surface area contributed by atoms with E-state index in [1.165, 1.54) is 23.5 Å². The number of hydrazine groups is 1. The Morgan fingerprint density at radius 2 is 1.36 bits per heavy atom. The van der Waals surface area contributed by atoms with E-state index in [1.54, 1.807) is 54.6 Å². The van der Waals surface area contributed by atoms with E-state index in [9.17, 15) is 14.4 Å². The molecule has 0 unspecified atom stereocenters. The van der Waals surface area contributed by atoms with Crippen molar-refractivity contribution in [3.8, 4) is 0 Å². The first kappa shape index (κ1) is 23.3. The van der Waals surface area contributed by atoms with Crippen LogP contribution in [0, 0.1) is 0 Å². The van der Waals surface area contributed by atoms with Crippen LogP contribution in [0.3, 0.4) is 0 Å². The Bertz CT molecular complexity index is 1370. The normalized spacial score (nSPS) is 10.6. The van der Waals surface area contributed by atoms with Crippen LogP contribution in [0.4, 0.5) is 5.69 Å². The molecule has 3 aromatic carbocycles. The molecular weight excluding hydrogens is 549 g/mol. The Morgan fingerprint density at radius 1 is 0.758 bits per heavy atom. The van der Waals surface area contributed by atoms with Crippen molar-refractivity contribution in [2.75, 3.05) is 5.32 Å². The van der Waals surface area contributed by atoms with Crippen LogP contribution in [0.25, 0.3) is 10.1 Å². The molecule has 0 aliphatic rings. The van der Waals surface area contributed by atoms with Gasteiger partial charge in [-0.05, 0) is 60.7 Å². The zero-order valence-electron chi connectivity index (χ0n) is 16.6. The fourth-order valence-corrected chi connectivity index (χ4v) is 4.89. The predicted octanol–water partition coefficient (Wildman–Crippen LogP) is 6.30. The largest absolute Gasteiger partial charge is 0.322 e. The molecule has 1 aromatic heterocycles. The van der Waals surface area contributed by atoms with Crippen molar-refractivity contribution in [3.05, 3.63) is 97.3 Å². The lowest BCUT2D eigenvalue weighted by Crippen LogP contribution is -2.41. The summed E-state index contributed by atoms with van der Waals surface area (Å²) >= 11 is 16.8. The first-order valence-electron chi connectivity index (χ1n) is 9.47. The fourth-order valence-electron chi connectivity index (χ4n) is 2.94. The highest BCUT2D eigenvalue weighted by molar-refractivity contribution is 9.10. The summed E-state index contributed by atoms with van der Waals surface area (Å²) in [6.45, 7) is 0. The maximum Gasteiger partial charge on any atom is 0.281 e. The van der Waals surface area contributed by atoms with Crippen LogP contribution in [0.1, 0.15) is 30.4 Å². The van der Waals surface area contributed by atoms with E-state index in [-0.39, 0.29) is 10.8 Å². The van der Waals surface area contributed by atoms with E-state index in [1.807, 2.05) is 0 Å². The molecule has 3 amide bonds. The number of rotatable bonds is 4. The molecule has 0 spiro atoms. The van der Waals surface area contributed by atoms with E-state index in [0.717, 1.165) is 9.17 Å². The second-order valence-electron chi connectivity index (χ2n) is 6.83. The molecule has 4 rings (SSSR count). The molecule has 1 heterocycles. The van der Waals surface area contributed by atoms with Gasteiger partial charge in [-0.2, -0.15) is 0 Å². The van der Waals surface area contributed by atoms with Crippen LogP contribution < -0.4 is 16.2 Å². The van der Waals surface area contributed by atoms with Crippen LogP contribution in [0.2, 0.25) is 10.0 Å². The number of carbonyl (C=O) groups excluding carboxylic acids is 3. The van der Waals surface area contributed by atoms with Gasteiger partial charge in [0.2, 0.25) is 0 Å². The second kappa shape index (κ2) is 9.93. The molecule has 10 heteroatoms. The van der Waals surface area contributed by atoms with Crippen molar-refractivity contribution in [3.63, 3.8) is 0 Å². The molecule has 6 nitrogen and oxygen atoms in total. The summed E-state index contributed by atoms with van der Waals surface area (Å²) in [7, 11) is 0. The topological polar surface area (TPSA) is 87.3 Å². The van der Waals surface area contributed by atoms with Gasteiger partial charge in [0.05, 0.1) is 5.02 Å². The molecular formula is C23H14BrCl2N3O3S. The molecule has 3 N–H and O–H groups in total. The lowest BCUT2D eigenvalue weighted by molar-refractivity contribution is 0.0849. The summed E-state index contributed by atoms with van der Waals surface area (Å²) in [4.78, 5) is 37.5. The number of amides is 3. The maximum atomic E-state index is 12.5. The molecule has 0 aliphatic heterocycles. The van der Waals surface area contributed by atoms with Crippen LogP contribution in [-0.4, -0.2) is 17.7 Å². The van der Waals surface area contributed by atoms with Crippen molar-refractivity contribution in [2.45, 2.75) is 0 Å². The van der Waals surface area contributed by atoms with Gasteiger partial charge in [-0.15, -0.1) is 11.3 Å². The average molecular weight is 563 g/mol. The van der Waals surface area contributed by atoms with E-state index in [4.69, 9.17) is 23.2 Å². The number of fused-ring (bicyclic) bond motifs is 1. The Balaban J connectivity index is 1.37. The lowest BCUT2D eigenvalue weighted by atomic mass is 10.1. The predicted molar refractivity (Wildman–Crippen MR) is 135 cm³/mol. The molecule has 0 aliphatic carbocycles. The molecule has 0 saturated heterocycles. The zero-order valence-corrected chi connectivity index (χ0v) is 20.5. The van der Waals surface area contributed by atoms with Crippen molar-refractivity contribution >= 4 is 84.0 Å². The standard InChI is InChI=1S/C23H14BrCl2N3O3S/c24-14-5-1-12(2-6-14)21(30)27-16-8-3-13(4-9-16)22(31)28-29-23(32)20-19(26)17-10-7-15(25)11-18(17)33-20/h1-11H,(H,27,30)(H,28,31)(H,29,32). The van der Waals surface area contributed by atoms with Gasteiger partial charge in [0.1, 0.15) is 4.88 Å². The van der Waals surface area contributed by atoms with E-state index < -0.39 is 11.8 Å². The summed E-state index contributed by atoms with van der Waals surface area (Å²) in [6, 6.07) is 18.4. The van der Waals surface area contributed by atoms with E-state index >= 15 is 0 Å². The SMILES string of the molecule is O=C(NNC(=O)c1sc2cc(Cl)ccc2c1Cl)c1ccc(NC(=O)c2ccc(Br)cc2)cc1. The summed E-state index contributed by atoms with van der Waals surface area (Å²) < 4.78 is 1.64. The summed E-state index contributed by atoms with van der Waals surface area (Å²) in [5, 5.41) is 4.31. The molecule has 0 radical (unpaired) electrons. The minimum absolute atomic E-state index is 0.264. The zero-order chi connectivity index (χ0) is 23.5. The number of hydrogen-bond donors (Lipinski definition) is 3. The minimum Gasteiger partial charge on any atom is -0.322 e. The smallest absolute Gasteiger partial charge is 0.281 e. The molecule has 0 fully saturated rings. The Labute approximate surface area is 211 Å². The van der Waals surface area contributed by atoms with Gasteiger partial charge in [0.25, 0.3) is 17.7 Å². The van der Waals surface area contributed by atoms with Crippen molar-refractivity contribution in [1.82, 2.24) is 10.9 Å². The van der Waals surface area contributed by atoms with Gasteiger partial charge in [0.15, 0.2) is 0 Å². The van der Waals surface area contributed by atoms with Crippen LogP contribution in [0.15, 0.2) is 71.2 Å². The number of benzene rings is 3. The highest BCUT2D eigenvalue weighted by Crippen LogP contribution is 2.36. The monoisotopic (exact) mass is 561 g/mol. The third-order valence-electron chi connectivity index (χ3n) is 4.60. The molecule has 4 aromatic rings. The first-order chi connectivity index (χ1) is 15.8. The Hall–Kier alpha value is -2.91. The fraction of sp³-hybridized carbons (Fsp3) is 0.